The average Bonchev–Trinajstić information content (AvgIpc) is 2.64. The first kappa shape index (κ1) is 19.6. The molecule has 0 spiro atoms. The Morgan fingerprint density at radius 2 is 1.08 bits per heavy atom. The molecule has 0 N–H and O–H groups in total. The quantitative estimate of drug-likeness (QED) is 0.247. The molecule has 0 aliphatic heterocycles. The van der Waals surface area contributed by atoms with Gasteiger partial charge in [-0.2, -0.15) is 0 Å². The van der Waals surface area contributed by atoms with Crippen LogP contribution < -0.4 is 0 Å². The highest BCUT2D eigenvalue weighted by Crippen LogP contribution is 2.19. The van der Waals surface area contributed by atoms with Crippen LogP contribution in [0.5, 0.6) is 0 Å². The van der Waals surface area contributed by atoms with Gasteiger partial charge in [-0.25, -0.2) is 0 Å². The molecule has 2 aromatic rings. The SMILES string of the molecule is O=C(CCCSc1ccccc1)OC(=O)CCCSc1ccccc1. The summed E-state index contributed by atoms with van der Waals surface area (Å²) in [7, 11) is 0. The maximum atomic E-state index is 11.7. The van der Waals surface area contributed by atoms with Gasteiger partial charge in [0.05, 0.1) is 0 Å². The largest absolute Gasteiger partial charge is 0.393 e. The first-order valence-electron chi connectivity index (χ1n) is 8.33. The molecule has 0 aliphatic carbocycles. The molecule has 0 unspecified atom stereocenters. The Bertz CT molecular complexity index is 587. The van der Waals surface area contributed by atoms with Gasteiger partial charge in [0, 0.05) is 22.6 Å². The van der Waals surface area contributed by atoms with E-state index in [1.807, 2.05) is 60.7 Å². The average molecular weight is 375 g/mol. The second kappa shape index (κ2) is 11.8. The van der Waals surface area contributed by atoms with Crippen molar-refractivity contribution in [2.75, 3.05) is 11.5 Å². The highest BCUT2D eigenvalue weighted by molar-refractivity contribution is 7.99. The number of rotatable bonds is 10. The van der Waals surface area contributed by atoms with Gasteiger partial charge in [-0.05, 0) is 48.6 Å². The number of carbonyl (C=O) groups is 2. The third-order valence-corrected chi connectivity index (χ3v) is 5.50. The van der Waals surface area contributed by atoms with Crippen molar-refractivity contribution in [1.82, 2.24) is 0 Å². The molecule has 0 aromatic heterocycles. The molecule has 0 bridgehead atoms. The minimum atomic E-state index is -0.422. The van der Waals surface area contributed by atoms with E-state index >= 15 is 0 Å². The molecule has 2 aromatic carbocycles. The zero-order valence-corrected chi connectivity index (χ0v) is 15.7. The van der Waals surface area contributed by atoms with Crippen LogP contribution in [0.2, 0.25) is 0 Å². The Morgan fingerprint density at radius 1 is 0.680 bits per heavy atom. The van der Waals surface area contributed by atoms with Crippen molar-refractivity contribution < 1.29 is 14.3 Å². The smallest absolute Gasteiger partial charge is 0.313 e. The molecule has 132 valence electrons. The molecule has 0 saturated heterocycles. The molecule has 0 amide bonds. The molecule has 0 atom stereocenters. The van der Waals surface area contributed by atoms with Crippen molar-refractivity contribution in [1.29, 1.82) is 0 Å². The number of hydrogen-bond acceptors (Lipinski definition) is 5. The van der Waals surface area contributed by atoms with Crippen LogP contribution in [-0.2, 0) is 14.3 Å². The molecule has 5 heteroatoms. The topological polar surface area (TPSA) is 43.4 Å². The summed E-state index contributed by atoms with van der Waals surface area (Å²) >= 11 is 3.40. The maximum Gasteiger partial charge on any atom is 0.313 e. The monoisotopic (exact) mass is 374 g/mol. The summed E-state index contributed by atoms with van der Waals surface area (Å²) < 4.78 is 4.86. The molecular weight excluding hydrogens is 352 g/mol. The van der Waals surface area contributed by atoms with Crippen molar-refractivity contribution >= 4 is 35.5 Å². The summed E-state index contributed by atoms with van der Waals surface area (Å²) in [4.78, 5) is 25.7. The van der Waals surface area contributed by atoms with Gasteiger partial charge in [0.2, 0.25) is 0 Å². The van der Waals surface area contributed by atoms with Crippen molar-refractivity contribution in [2.45, 2.75) is 35.5 Å². The van der Waals surface area contributed by atoms with Crippen molar-refractivity contribution in [3.05, 3.63) is 60.7 Å². The highest BCUT2D eigenvalue weighted by Gasteiger charge is 2.10. The van der Waals surface area contributed by atoms with E-state index in [0.717, 1.165) is 11.5 Å². The van der Waals surface area contributed by atoms with Gasteiger partial charge in [0.25, 0.3) is 0 Å². The second-order valence-electron chi connectivity index (χ2n) is 5.38. The first-order valence-corrected chi connectivity index (χ1v) is 10.3. The lowest BCUT2D eigenvalue weighted by atomic mass is 10.3. The fourth-order valence-corrected chi connectivity index (χ4v) is 3.82. The minimum Gasteiger partial charge on any atom is -0.393 e. The van der Waals surface area contributed by atoms with E-state index in [1.54, 1.807) is 23.5 Å². The number of hydrogen-bond donors (Lipinski definition) is 0. The number of ether oxygens (including phenoxy) is 1. The third-order valence-electron chi connectivity index (χ3n) is 3.30. The Balaban J connectivity index is 1.50. The van der Waals surface area contributed by atoms with Gasteiger partial charge in [-0.15, -0.1) is 23.5 Å². The predicted molar refractivity (Wildman–Crippen MR) is 104 cm³/mol. The maximum absolute atomic E-state index is 11.7. The number of thioether (sulfide) groups is 2. The summed E-state index contributed by atoms with van der Waals surface area (Å²) in [5.74, 6) is 0.825. The fraction of sp³-hybridized carbons (Fsp3) is 0.300. The predicted octanol–water partition coefficient (Wildman–Crippen LogP) is 5.20. The van der Waals surface area contributed by atoms with Crippen LogP contribution in [-0.4, -0.2) is 23.4 Å². The van der Waals surface area contributed by atoms with Crippen LogP contribution >= 0.6 is 23.5 Å². The van der Waals surface area contributed by atoms with Gasteiger partial charge in [-0.3, -0.25) is 9.59 Å². The summed E-state index contributed by atoms with van der Waals surface area (Å²) in [5.41, 5.74) is 0. The molecule has 0 heterocycles. The molecule has 0 saturated carbocycles. The highest BCUT2D eigenvalue weighted by atomic mass is 32.2. The Labute approximate surface area is 157 Å². The zero-order valence-electron chi connectivity index (χ0n) is 14.1. The van der Waals surface area contributed by atoms with Gasteiger partial charge in [-0.1, -0.05) is 36.4 Å². The van der Waals surface area contributed by atoms with E-state index < -0.39 is 11.9 Å². The molecule has 25 heavy (non-hydrogen) atoms. The molecular formula is C20H22O3S2. The lowest BCUT2D eigenvalue weighted by Gasteiger charge is -2.04. The number of benzene rings is 2. The van der Waals surface area contributed by atoms with E-state index in [2.05, 4.69) is 0 Å². The van der Waals surface area contributed by atoms with Crippen LogP contribution in [0, 0.1) is 0 Å². The van der Waals surface area contributed by atoms with E-state index in [9.17, 15) is 9.59 Å². The van der Waals surface area contributed by atoms with Crippen molar-refractivity contribution in [2.24, 2.45) is 0 Å². The Kier molecular flexibility index (Phi) is 9.23. The lowest BCUT2D eigenvalue weighted by molar-refractivity contribution is -0.159. The molecule has 0 fully saturated rings. The van der Waals surface area contributed by atoms with E-state index in [4.69, 9.17) is 4.74 Å². The zero-order chi connectivity index (χ0) is 17.7. The van der Waals surface area contributed by atoms with Crippen LogP contribution in [0.3, 0.4) is 0 Å². The van der Waals surface area contributed by atoms with Crippen LogP contribution in [0.15, 0.2) is 70.5 Å². The van der Waals surface area contributed by atoms with Gasteiger partial charge >= 0.3 is 11.9 Å². The second-order valence-corrected chi connectivity index (χ2v) is 7.71. The molecule has 0 aliphatic rings. The van der Waals surface area contributed by atoms with Crippen molar-refractivity contribution in [3.8, 4) is 0 Å². The molecule has 0 radical (unpaired) electrons. The van der Waals surface area contributed by atoms with E-state index in [0.29, 0.717) is 12.8 Å². The van der Waals surface area contributed by atoms with E-state index in [1.165, 1.54) is 9.79 Å². The van der Waals surface area contributed by atoms with Gasteiger partial charge in [0.15, 0.2) is 0 Å². The summed E-state index contributed by atoms with van der Waals surface area (Å²) in [6.45, 7) is 0. The lowest BCUT2D eigenvalue weighted by Crippen LogP contribution is -2.12. The van der Waals surface area contributed by atoms with Gasteiger partial charge in [0.1, 0.15) is 0 Å². The van der Waals surface area contributed by atoms with Crippen LogP contribution in [0.1, 0.15) is 25.7 Å². The minimum absolute atomic E-state index is 0.282. The van der Waals surface area contributed by atoms with Crippen LogP contribution in [0.4, 0.5) is 0 Å². The number of esters is 2. The van der Waals surface area contributed by atoms with Crippen LogP contribution in [0.25, 0.3) is 0 Å². The third kappa shape index (κ3) is 8.79. The van der Waals surface area contributed by atoms with E-state index in [-0.39, 0.29) is 12.8 Å². The summed E-state index contributed by atoms with van der Waals surface area (Å²) in [6.07, 6.45) is 1.97. The summed E-state index contributed by atoms with van der Waals surface area (Å²) in [6, 6.07) is 20.1. The van der Waals surface area contributed by atoms with Gasteiger partial charge < -0.3 is 4.74 Å². The Hall–Kier alpha value is -1.72. The Morgan fingerprint density at radius 3 is 1.48 bits per heavy atom. The fourth-order valence-electron chi connectivity index (χ4n) is 2.08. The standard InChI is InChI=1S/C20H22O3S2/c21-19(13-7-15-24-17-9-3-1-4-10-17)23-20(22)14-8-16-25-18-11-5-2-6-12-18/h1-6,9-12H,7-8,13-16H2. The summed E-state index contributed by atoms with van der Waals surface area (Å²) in [5, 5.41) is 0. The molecule has 2 rings (SSSR count). The first-order chi connectivity index (χ1) is 12.2. The molecule has 3 nitrogen and oxygen atoms in total. The normalized spacial score (nSPS) is 10.4. The number of carbonyl (C=O) groups excluding carboxylic acids is 2. The van der Waals surface area contributed by atoms with Crippen molar-refractivity contribution in [3.63, 3.8) is 0 Å².